The SMILES string of the molecule is COc1ccc(N2C(=O)CC[C@@H](C(=O)Nc3ccc(OC)cc3OC)[C@H]2c2ccc(F)cc2)cc1. The number of hydrogen-bond acceptors (Lipinski definition) is 5. The van der Waals surface area contributed by atoms with Gasteiger partial charge in [-0.1, -0.05) is 12.1 Å². The Bertz CT molecular complexity index is 1200. The molecule has 8 heteroatoms. The molecule has 0 bridgehead atoms. The minimum Gasteiger partial charge on any atom is -0.497 e. The molecule has 3 aromatic carbocycles. The Morgan fingerprint density at radius 2 is 1.57 bits per heavy atom. The lowest BCUT2D eigenvalue weighted by molar-refractivity contribution is -0.125. The minimum absolute atomic E-state index is 0.115. The third-order valence-corrected chi connectivity index (χ3v) is 6.16. The number of nitrogens with one attached hydrogen (secondary N) is 1. The summed E-state index contributed by atoms with van der Waals surface area (Å²) in [7, 11) is 4.62. The zero-order valence-corrected chi connectivity index (χ0v) is 19.8. The highest BCUT2D eigenvalue weighted by Crippen LogP contribution is 2.41. The lowest BCUT2D eigenvalue weighted by Crippen LogP contribution is -2.47. The molecular formula is C27H27FN2O5. The van der Waals surface area contributed by atoms with Crippen LogP contribution in [0, 0.1) is 11.7 Å². The summed E-state index contributed by atoms with van der Waals surface area (Å²) in [6, 6.07) is 17.5. The Balaban J connectivity index is 1.72. The first-order chi connectivity index (χ1) is 16.9. The van der Waals surface area contributed by atoms with Gasteiger partial charge in [0.25, 0.3) is 0 Å². The van der Waals surface area contributed by atoms with E-state index in [1.165, 1.54) is 19.2 Å². The maximum Gasteiger partial charge on any atom is 0.230 e. The lowest BCUT2D eigenvalue weighted by Gasteiger charge is -2.41. The van der Waals surface area contributed by atoms with Crippen molar-refractivity contribution in [2.45, 2.75) is 18.9 Å². The summed E-state index contributed by atoms with van der Waals surface area (Å²) < 4.78 is 29.6. The number of hydrogen-bond donors (Lipinski definition) is 1. The Morgan fingerprint density at radius 1 is 0.914 bits per heavy atom. The number of ether oxygens (including phenoxy) is 3. The van der Waals surface area contributed by atoms with Crippen LogP contribution in [0.5, 0.6) is 17.2 Å². The van der Waals surface area contributed by atoms with Gasteiger partial charge in [0.2, 0.25) is 11.8 Å². The summed E-state index contributed by atoms with van der Waals surface area (Å²) in [5, 5.41) is 2.95. The van der Waals surface area contributed by atoms with E-state index in [0.29, 0.717) is 40.6 Å². The second-order valence-corrected chi connectivity index (χ2v) is 8.16. The molecule has 182 valence electrons. The van der Waals surface area contributed by atoms with Gasteiger partial charge in [-0.2, -0.15) is 0 Å². The van der Waals surface area contributed by atoms with Gasteiger partial charge in [-0.15, -0.1) is 0 Å². The fourth-order valence-electron chi connectivity index (χ4n) is 4.38. The van der Waals surface area contributed by atoms with Crippen LogP contribution in [-0.4, -0.2) is 33.1 Å². The molecule has 7 nitrogen and oxygen atoms in total. The molecule has 1 aliphatic heterocycles. The molecule has 0 unspecified atom stereocenters. The summed E-state index contributed by atoms with van der Waals surface area (Å²) in [6.45, 7) is 0. The van der Waals surface area contributed by atoms with Crippen LogP contribution in [-0.2, 0) is 9.59 Å². The highest BCUT2D eigenvalue weighted by Gasteiger charge is 2.41. The highest BCUT2D eigenvalue weighted by molar-refractivity contribution is 6.00. The van der Waals surface area contributed by atoms with Crippen molar-refractivity contribution in [2.75, 3.05) is 31.5 Å². The largest absolute Gasteiger partial charge is 0.497 e. The standard InChI is InChI=1S/C27H27FN2O5/c1-33-20-10-8-19(9-11-20)30-25(31)15-13-22(26(30)17-4-6-18(28)7-5-17)27(32)29-23-14-12-21(34-2)16-24(23)35-3/h4-12,14,16,22,26H,13,15H2,1-3H3,(H,29,32)/t22-,26-/m1/s1. The second kappa shape index (κ2) is 10.5. The number of carbonyl (C=O) groups is 2. The first-order valence-corrected chi connectivity index (χ1v) is 11.2. The molecule has 0 saturated carbocycles. The molecular weight excluding hydrogens is 451 g/mol. The fourth-order valence-corrected chi connectivity index (χ4v) is 4.38. The molecule has 1 aliphatic rings. The Labute approximate surface area is 203 Å². The number of anilines is 2. The number of carbonyl (C=O) groups excluding carboxylic acids is 2. The molecule has 4 rings (SSSR count). The van der Waals surface area contributed by atoms with Crippen LogP contribution >= 0.6 is 0 Å². The number of benzene rings is 3. The number of piperidine rings is 1. The monoisotopic (exact) mass is 478 g/mol. The summed E-state index contributed by atoms with van der Waals surface area (Å²) in [4.78, 5) is 28.4. The molecule has 0 aromatic heterocycles. The molecule has 2 atom stereocenters. The van der Waals surface area contributed by atoms with Crippen LogP contribution in [0.2, 0.25) is 0 Å². The Kier molecular flexibility index (Phi) is 7.19. The first-order valence-electron chi connectivity index (χ1n) is 11.2. The summed E-state index contributed by atoms with van der Waals surface area (Å²) in [6.07, 6.45) is 0.541. The molecule has 0 radical (unpaired) electrons. The van der Waals surface area contributed by atoms with E-state index in [4.69, 9.17) is 14.2 Å². The van der Waals surface area contributed by atoms with Crippen molar-refractivity contribution in [1.82, 2.24) is 0 Å². The van der Waals surface area contributed by atoms with E-state index in [-0.39, 0.29) is 18.2 Å². The van der Waals surface area contributed by atoms with E-state index in [9.17, 15) is 14.0 Å². The van der Waals surface area contributed by atoms with Crippen molar-refractivity contribution in [1.29, 1.82) is 0 Å². The van der Waals surface area contributed by atoms with Crippen molar-refractivity contribution >= 4 is 23.2 Å². The zero-order valence-electron chi connectivity index (χ0n) is 19.8. The third-order valence-electron chi connectivity index (χ3n) is 6.16. The maximum atomic E-state index is 13.7. The van der Waals surface area contributed by atoms with Crippen LogP contribution in [0.3, 0.4) is 0 Å². The van der Waals surface area contributed by atoms with E-state index >= 15 is 0 Å². The molecule has 1 heterocycles. The number of nitrogens with zero attached hydrogens (tertiary/aromatic N) is 1. The van der Waals surface area contributed by atoms with E-state index in [2.05, 4.69) is 5.32 Å². The molecule has 0 aliphatic carbocycles. The topological polar surface area (TPSA) is 77.1 Å². The third kappa shape index (κ3) is 5.06. The molecule has 2 amide bonds. The van der Waals surface area contributed by atoms with Gasteiger partial charge >= 0.3 is 0 Å². The number of amides is 2. The first kappa shape index (κ1) is 24.1. The second-order valence-electron chi connectivity index (χ2n) is 8.16. The smallest absolute Gasteiger partial charge is 0.230 e. The molecule has 1 fully saturated rings. The summed E-state index contributed by atoms with van der Waals surface area (Å²) in [5.41, 5.74) is 1.78. The predicted molar refractivity (Wildman–Crippen MR) is 131 cm³/mol. The van der Waals surface area contributed by atoms with Crippen molar-refractivity contribution in [2.24, 2.45) is 5.92 Å². The average molecular weight is 479 g/mol. The van der Waals surface area contributed by atoms with Gasteiger partial charge in [0.05, 0.1) is 39.0 Å². The number of methoxy groups -OCH3 is 3. The predicted octanol–water partition coefficient (Wildman–Crippen LogP) is 4.97. The summed E-state index contributed by atoms with van der Waals surface area (Å²) >= 11 is 0. The van der Waals surface area contributed by atoms with Crippen LogP contribution in [0.1, 0.15) is 24.4 Å². The average Bonchev–Trinajstić information content (AvgIpc) is 2.89. The van der Waals surface area contributed by atoms with Crippen LogP contribution in [0.25, 0.3) is 0 Å². The van der Waals surface area contributed by atoms with Crippen LogP contribution < -0.4 is 24.4 Å². The molecule has 0 spiro atoms. The molecule has 3 aromatic rings. The van der Waals surface area contributed by atoms with Gasteiger partial charge in [0.1, 0.15) is 23.1 Å². The van der Waals surface area contributed by atoms with Gasteiger partial charge in [0, 0.05) is 18.2 Å². The number of rotatable bonds is 7. The lowest BCUT2D eigenvalue weighted by atomic mass is 9.83. The van der Waals surface area contributed by atoms with Crippen molar-refractivity contribution in [3.05, 3.63) is 78.1 Å². The quantitative estimate of drug-likeness (QED) is 0.519. The molecule has 1 N–H and O–H groups in total. The van der Waals surface area contributed by atoms with E-state index < -0.39 is 17.8 Å². The van der Waals surface area contributed by atoms with E-state index in [1.807, 2.05) is 0 Å². The van der Waals surface area contributed by atoms with Crippen LogP contribution in [0.4, 0.5) is 15.8 Å². The van der Waals surface area contributed by atoms with Gasteiger partial charge in [-0.3, -0.25) is 9.59 Å². The van der Waals surface area contributed by atoms with Crippen molar-refractivity contribution < 1.29 is 28.2 Å². The van der Waals surface area contributed by atoms with Crippen LogP contribution in [0.15, 0.2) is 66.7 Å². The van der Waals surface area contributed by atoms with Crippen molar-refractivity contribution in [3.63, 3.8) is 0 Å². The Morgan fingerprint density at radius 3 is 2.20 bits per heavy atom. The van der Waals surface area contributed by atoms with E-state index in [1.54, 1.807) is 73.7 Å². The number of halogens is 1. The van der Waals surface area contributed by atoms with Gasteiger partial charge in [0.15, 0.2) is 0 Å². The zero-order chi connectivity index (χ0) is 24.9. The highest BCUT2D eigenvalue weighted by atomic mass is 19.1. The maximum absolute atomic E-state index is 13.7. The normalized spacial score (nSPS) is 17.6. The van der Waals surface area contributed by atoms with Gasteiger partial charge in [-0.25, -0.2) is 4.39 Å². The Hall–Kier alpha value is -4.07. The van der Waals surface area contributed by atoms with Crippen molar-refractivity contribution in [3.8, 4) is 17.2 Å². The molecule has 1 saturated heterocycles. The fraction of sp³-hybridized carbons (Fsp3) is 0.259. The van der Waals surface area contributed by atoms with Gasteiger partial charge < -0.3 is 24.4 Å². The summed E-state index contributed by atoms with van der Waals surface area (Å²) in [5.74, 6) is 0.331. The van der Waals surface area contributed by atoms with Gasteiger partial charge in [-0.05, 0) is 60.5 Å². The molecule has 35 heavy (non-hydrogen) atoms. The van der Waals surface area contributed by atoms with E-state index in [0.717, 1.165) is 0 Å². The minimum atomic E-state index is -0.630.